The maximum Gasteiger partial charge on any atom is 0.261 e. The van der Waals surface area contributed by atoms with E-state index < -0.39 is 9.05 Å². The number of carbonyl (C=O) groups excluding carboxylic acids is 1. The fourth-order valence-electron chi connectivity index (χ4n) is 2.18. The predicted molar refractivity (Wildman–Crippen MR) is 76.0 cm³/mol. The van der Waals surface area contributed by atoms with Crippen molar-refractivity contribution in [1.82, 2.24) is 0 Å². The molecule has 2 aromatic rings. The van der Waals surface area contributed by atoms with E-state index in [2.05, 4.69) is 15.9 Å². The Labute approximate surface area is 122 Å². The number of halogens is 2. The molecule has 0 atom stereocenters. The van der Waals surface area contributed by atoms with Crippen LogP contribution in [0.2, 0.25) is 0 Å². The number of benzene rings is 2. The first-order chi connectivity index (χ1) is 8.88. The van der Waals surface area contributed by atoms with E-state index in [1.54, 1.807) is 12.1 Å². The van der Waals surface area contributed by atoms with Gasteiger partial charge in [-0.15, -0.1) is 0 Å². The topological polar surface area (TPSA) is 51.2 Å². The van der Waals surface area contributed by atoms with Gasteiger partial charge >= 0.3 is 0 Å². The Morgan fingerprint density at radius 2 is 1.47 bits per heavy atom. The van der Waals surface area contributed by atoms with Gasteiger partial charge in [0.15, 0.2) is 5.78 Å². The Morgan fingerprint density at radius 1 is 0.895 bits per heavy atom. The molecular formula is C13H6BrClO3S. The van der Waals surface area contributed by atoms with E-state index >= 15 is 0 Å². The molecule has 3 rings (SSSR count). The summed E-state index contributed by atoms with van der Waals surface area (Å²) < 4.78 is 23.4. The second-order valence-corrected chi connectivity index (χ2v) is 7.65. The molecule has 0 radical (unpaired) electrons. The van der Waals surface area contributed by atoms with Crippen LogP contribution in [0.3, 0.4) is 0 Å². The van der Waals surface area contributed by atoms with Gasteiger partial charge in [-0.1, -0.05) is 28.1 Å². The van der Waals surface area contributed by atoms with E-state index in [4.69, 9.17) is 10.7 Å². The molecule has 0 heterocycles. The van der Waals surface area contributed by atoms with E-state index in [0.717, 1.165) is 15.6 Å². The van der Waals surface area contributed by atoms with Crippen molar-refractivity contribution in [3.63, 3.8) is 0 Å². The predicted octanol–water partition coefficient (Wildman–Crippen LogP) is 3.59. The van der Waals surface area contributed by atoms with Gasteiger partial charge < -0.3 is 0 Å². The maximum absolute atomic E-state index is 12.3. The minimum Gasteiger partial charge on any atom is -0.289 e. The van der Waals surface area contributed by atoms with Crippen LogP contribution >= 0.6 is 26.6 Å². The molecule has 0 aromatic heterocycles. The van der Waals surface area contributed by atoms with E-state index in [9.17, 15) is 13.2 Å². The van der Waals surface area contributed by atoms with Crippen molar-refractivity contribution in [2.24, 2.45) is 0 Å². The van der Waals surface area contributed by atoms with Crippen molar-refractivity contribution in [2.75, 3.05) is 0 Å². The Bertz CT molecular complexity index is 828. The first kappa shape index (κ1) is 12.8. The Morgan fingerprint density at radius 3 is 2.11 bits per heavy atom. The molecule has 1 aliphatic carbocycles. The van der Waals surface area contributed by atoms with E-state index in [1.165, 1.54) is 12.1 Å². The molecule has 3 nitrogen and oxygen atoms in total. The lowest BCUT2D eigenvalue weighted by molar-refractivity contribution is 0.104. The normalized spacial score (nSPS) is 13.3. The summed E-state index contributed by atoms with van der Waals surface area (Å²) in [5.74, 6) is -0.187. The number of hydrogen-bond acceptors (Lipinski definition) is 3. The number of rotatable bonds is 1. The summed E-state index contributed by atoms with van der Waals surface area (Å²) in [5.41, 5.74) is 2.47. The van der Waals surface area contributed by atoms with Crippen LogP contribution in [-0.2, 0) is 9.05 Å². The van der Waals surface area contributed by atoms with Crippen molar-refractivity contribution in [3.05, 3.63) is 52.0 Å². The average Bonchev–Trinajstić information content (AvgIpc) is 2.62. The zero-order chi connectivity index (χ0) is 13.8. The quantitative estimate of drug-likeness (QED) is 0.625. The number of hydrogen-bond donors (Lipinski definition) is 0. The van der Waals surface area contributed by atoms with Crippen molar-refractivity contribution in [2.45, 2.75) is 4.90 Å². The molecule has 0 spiro atoms. The summed E-state index contributed by atoms with van der Waals surface area (Å²) in [4.78, 5) is 12.2. The highest BCUT2D eigenvalue weighted by Crippen LogP contribution is 2.39. The molecule has 6 heteroatoms. The fraction of sp³-hybridized carbons (Fsp3) is 0. The molecule has 0 unspecified atom stereocenters. The van der Waals surface area contributed by atoms with Crippen LogP contribution in [0, 0.1) is 0 Å². The number of carbonyl (C=O) groups is 1. The van der Waals surface area contributed by atoms with Crippen molar-refractivity contribution in [3.8, 4) is 11.1 Å². The lowest BCUT2D eigenvalue weighted by atomic mass is 10.1. The van der Waals surface area contributed by atoms with E-state index in [-0.39, 0.29) is 10.7 Å². The van der Waals surface area contributed by atoms with Crippen molar-refractivity contribution in [1.29, 1.82) is 0 Å². The van der Waals surface area contributed by atoms with Gasteiger partial charge in [0.2, 0.25) is 0 Å². The summed E-state index contributed by atoms with van der Waals surface area (Å²) in [6.45, 7) is 0. The van der Waals surface area contributed by atoms with Gasteiger partial charge in [-0.3, -0.25) is 4.79 Å². The minimum atomic E-state index is -3.83. The van der Waals surface area contributed by atoms with Crippen LogP contribution < -0.4 is 0 Å². The fourth-order valence-corrected chi connectivity index (χ4v) is 3.32. The highest BCUT2D eigenvalue weighted by Gasteiger charge is 2.28. The third-order valence-electron chi connectivity index (χ3n) is 3.03. The molecule has 1 aliphatic rings. The monoisotopic (exact) mass is 356 g/mol. The van der Waals surface area contributed by atoms with Gasteiger partial charge in [-0.05, 0) is 35.4 Å². The SMILES string of the molecule is O=C1c2cc(Br)ccc2-c2ccc(S(=O)(=O)Cl)cc21. The Hall–Kier alpha value is -1.17. The van der Waals surface area contributed by atoms with Crippen LogP contribution in [0.4, 0.5) is 0 Å². The highest BCUT2D eigenvalue weighted by molar-refractivity contribution is 9.10. The molecule has 0 N–H and O–H groups in total. The molecule has 0 aliphatic heterocycles. The zero-order valence-electron chi connectivity index (χ0n) is 9.35. The molecule has 0 fully saturated rings. The van der Waals surface area contributed by atoms with E-state index in [1.807, 2.05) is 12.1 Å². The van der Waals surface area contributed by atoms with Gasteiger partial charge in [0.25, 0.3) is 9.05 Å². The molecule has 0 amide bonds. The average molecular weight is 358 g/mol. The van der Waals surface area contributed by atoms with Gasteiger partial charge in [-0.25, -0.2) is 8.42 Å². The number of fused-ring (bicyclic) bond motifs is 3. The summed E-state index contributed by atoms with van der Waals surface area (Å²) >= 11 is 3.31. The van der Waals surface area contributed by atoms with Crippen LogP contribution in [-0.4, -0.2) is 14.2 Å². The molecule has 0 saturated heterocycles. The molecule has 19 heavy (non-hydrogen) atoms. The lowest BCUT2D eigenvalue weighted by Gasteiger charge is -2.01. The van der Waals surface area contributed by atoms with Gasteiger partial charge in [0.1, 0.15) is 0 Å². The van der Waals surface area contributed by atoms with Gasteiger partial charge in [0.05, 0.1) is 4.90 Å². The van der Waals surface area contributed by atoms with Crippen molar-refractivity contribution >= 4 is 41.4 Å². The molecule has 0 bridgehead atoms. The molecule has 2 aromatic carbocycles. The largest absolute Gasteiger partial charge is 0.289 e. The molecule has 0 saturated carbocycles. The minimum absolute atomic E-state index is 0.0619. The van der Waals surface area contributed by atoms with Crippen LogP contribution in [0.5, 0.6) is 0 Å². The van der Waals surface area contributed by atoms with Crippen LogP contribution in [0.25, 0.3) is 11.1 Å². The zero-order valence-corrected chi connectivity index (χ0v) is 12.5. The third kappa shape index (κ3) is 2.02. The van der Waals surface area contributed by atoms with Crippen LogP contribution in [0.15, 0.2) is 45.8 Å². The Kier molecular flexibility index (Phi) is 2.81. The number of ketones is 1. The first-order valence-electron chi connectivity index (χ1n) is 5.31. The smallest absolute Gasteiger partial charge is 0.261 e. The summed E-state index contributed by atoms with van der Waals surface area (Å²) in [7, 11) is 1.47. The lowest BCUT2D eigenvalue weighted by Crippen LogP contribution is -1.98. The summed E-state index contributed by atoms with van der Waals surface area (Å²) in [6.07, 6.45) is 0. The van der Waals surface area contributed by atoms with Gasteiger partial charge in [-0.2, -0.15) is 0 Å². The standard InChI is InChI=1S/C13H6BrClO3S/c14-7-1-3-9-10-4-2-8(19(15,17)18)6-12(10)13(16)11(9)5-7/h1-6H. The molecule has 96 valence electrons. The second-order valence-electron chi connectivity index (χ2n) is 4.16. The van der Waals surface area contributed by atoms with E-state index in [0.29, 0.717) is 11.1 Å². The first-order valence-corrected chi connectivity index (χ1v) is 8.41. The summed E-state index contributed by atoms with van der Waals surface area (Å²) in [6, 6.07) is 9.75. The third-order valence-corrected chi connectivity index (χ3v) is 4.88. The van der Waals surface area contributed by atoms with Crippen molar-refractivity contribution < 1.29 is 13.2 Å². The molecular weight excluding hydrogens is 352 g/mol. The van der Waals surface area contributed by atoms with Crippen LogP contribution in [0.1, 0.15) is 15.9 Å². The van der Waals surface area contributed by atoms with Gasteiger partial charge in [0, 0.05) is 26.3 Å². The second kappa shape index (κ2) is 4.16. The maximum atomic E-state index is 12.3. The summed E-state index contributed by atoms with van der Waals surface area (Å²) in [5, 5.41) is 0. The Balaban J connectivity index is 2.28. The highest BCUT2D eigenvalue weighted by atomic mass is 79.9.